The zero-order valence-electron chi connectivity index (χ0n) is 8.09. The summed E-state index contributed by atoms with van der Waals surface area (Å²) in [5.74, 6) is -0.0157. The Balaban J connectivity index is 2.37. The zero-order valence-corrected chi connectivity index (χ0v) is 8.85. The number of hydrogen-bond acceptors (Lipinski definition) is 4. The summed E-state index contributed by atoms with van der Waals surface area (Å²) < 4.78 is 40.3. The van der Waals surface area contributed by atoms with Gasteiger partial charge in [-0.1, -0.05) is 11.6 Å². The third-order valence-corrected chi connectivity index (χ3v) is 1.74. The molecule has 0 aliphatic carbocycles. The number of nitrogens with two attached hydrogens (primary N) is 1. The van der Waals surface area contributed by atoms with Gasteiger partial charge in [-0.15, -0.1) is 0 Å². The Labute approximate surface area is 94.6 Å². The van der Waals surface area contributed by atoms with Crippen molar-refractivity contribution in [2.45, 2.75) is 19.0 Å². The van der Waals surface area contributed by atoms with E-state index in [2.05, 4.69) is 9.97 Å². The second-order valence-electron chi connectivity index (χ2n) is 2.95. The molecule has 0 spiro atoms. The summed E-state index contributed by atoms with van der Waals surface area (Å²) in [5.41, 5.74) is 5.27. The van der Waals surface area contributed by atoms with Crippen molar-refractivity contribution >= 4 is 17.5 Å². The fourth-order valence-corrected chi connectivity index (χ4v) is 1.12. The van der Waals surface area contributed by atoms with E-state index in [9.17, 15) is 13.2 Å². The van der Waals surface area contributed by atoms with Crippen LogP contribution in [0.4, 0.5) is 19.1 Å². The predicted molar refractivity (Wildman–Crippen MR) is 52.2 cm³/mol. The van der Waals surface area contributed by atoms with Crippen LogP contribution in [0.3, 0.4) is 0 Å². The van der Waals surface area contributed by atoms with Gasteiger partial charge in [-0.3, -0.25) is 0 Å². The number of aromatic nitrogens is 2. The summed E-state index contributed by atoms with van der Waals surface area (Å²) >= 11 is 5.54. The van der Waals surface area contributed by atoms with E-state index >= 15 is 0 Å². The number of anilines is 1. The number of ether oxygens (including phenoxy) is 1. The van der Waals surface area contributed by atoms with Gasteiger partial charge in [-0.25, -0.2) is 4.98 Å². The fraction of sp³-hybridized carbons (Fsp3) is 0.500. The van der Waals surface area contributed by atoms with Crippen molar-refractivity contribution in [1.29, 1.82) is 0 Å². The van der Waals surface area contributed by atoms with Crippen LogP contribution in [0.2, 0.25) is 5.15 Å². The van der Waals surface area contributed by atoms with Crippen LogP contribution in [0.25, 0.3) is 0 Å². The summed E-state index contributed by atoms with van der Waals surface area (Å²) in [4.78, 5) is 7.22. The smallest absolute Gasteiger partial charge is 0.389 e. The third kappa shape index (κ3) is 5.01. The van der Waals surface area contributed by atoms with Crippen LogP contribution in [-0.4, -0.2) is 22.8 Å². The number of halogens is 4. The van der Waals surface area contributed by atoms with Gasteiger partial charge < -0.3 is 10.5 Å². The molecular formula is C8H9ClF3N3O. The van der Waals surface area contributed by atoms with E-state index in [1.807, 2.05) is 0 Å². The molecule has 0 amide bonds. The highest BCUT2D eigenvalue weighted by Crippen LogP contribution is 2.21. The molecule has 0 radical (unpaired) electrons. The van der Waals surface area contributed by atoms with Crippen molar-refractivity contribution < 1.29 is 17.9 Å². The monoisotopic (exact) mass is 255 g/mol. The van der Waals surface area contributed by atoms with Gasteiger partial charge in [0.2, 0.25) is 11.8 Å². The first-order chi connectivity index (χ1) is 7.37. The van der Waals surface area contributed by atoms with Crippen molar-refractivity contribution in [2.75, 3.05) is 12.3 Å². The lowest BCUT2D eigenvalue weighted by atomic mass is 10.3. The molecule has 0 atom stereocenters. The highest BCUT2D eigenvalue weighted by molar-refractivity contribution is 6.29. The second-order valence-corrected chi connectivity index (χ2v) is 3.34. The molecule has 1 aromatic rings. The van der Waals surface area contributed by atoms with Crippen molar-refractivity contribution in [2.24, 2.45) is 0 Å². The van der Waals surface area contributed by atoms with Crippen molar-refractivity contribution in [3.05, 3.63) is 11.2 Å². The molecule has 0 saturated heterocycles. The Morgan fingerprint density at radius 2 is 2.06 bits per heavy atom. The average Bonchev–Trinajstić information content (AvgIpc) is 2.09. The maximum Gasteiger partial charge on any atom is 0.389 e. The van der Waals surface area contributed by atoms with E-state index in [1.165, 1.54) is 6.07 Å². The molecule has 0 aliphatic rings. The van der Waals surface area contributed by atoms with Crippen LogP contribution in [0, 0.1) is 0 Å². The quantitative estimate of drug-likeness (QED) is 0.663. The minimum atomic E-state index is -4.17. The van der Waals surface area contributed by atoms with Gasteiger partial charge in [0.1, 0.15) is 5.15 Å². The molecule has 0 bridgehead atoms. The van der Waals surface area contributed by atoms with E-state index in [0.717, 1.165) is 0 Å². The van der Waals surface area contributed by atoms with Gasteiger partial charge in [0, 0.05) is 12.5 Å². The Hall–Kier alpha value is -1.24. The van der Waals surface area contributed by atoms with Gasteiger partial charge in [0.05, 0.1) is 6.61 Å². The molecule has 16 heavy (non-hydrogen) atoms. The van der Waals surface area contributed by atoms with Crippen LogP contribution < -0.4 is 10.5 Å². The van der Waals surface area contributed by atoms with Gasteiger partial charge in [-0.05, 0) is 6.42 Å². The molecule has 0 aromatic carbocycles. The highest BCUT2D eigenvalue weighted by atomic mass is 35.5. The molecular weight excluding hydrogens is 247 g/mol. The third-order valence-electron chi connectivity index (χ3n) is 1.54. The van der Waals surface area contributed by atoms with Gasteiger partial charge in [0.25, 0.3) is 0 Å². The largest absolute Gasteiger partial charge is 0.477 e. The molecule has 8 heteroatoms. The number of rotatable bonds is 4. The van der Waals surface area contributed by atoms with Crippen LogP contribution in [0.15, 0.2) is 6.07 Å². The Morgan fingerprint density at radius 1 is 1.38 bits per heavy atom. The molecule has 90 valence electrons. The molecule has 4 nitrogen and oxygen atoms in total. The number of nitrogen functional groups attached to an aromatic ring is 1. The molecule has 1 aromatic heterocycles. The van der Waals surface area contributed by atoms with E-state index in [4.69, 9.17) is 22.1 Å². The maximum atomic E-state index is 11.8. The number of hydrogen-bond donors (Lipinski definition) is 1. The SMILES string of the molecule is Nc1nc(Cl)cc(OCCCC(F)(F)F)n1. The summed E-state index contributed by atoms with van der Waals surface area (Å²) in [6, 6.07) is 1.28. The van der Waals surface area contributed by atoms with Crippen LogP contribution in [-0.2, 0) is 0 Å². The zero-order chi connectivity index (χ0) is 12.2. The number of nitrogens with zero attached hydrogens (tertiary/aromatic N) is 2. The summed E-state index contributed by atoms with van der Waals surface area (Å²) in [5, 5.41) is 0.0818. The molecule has 1 heterocycles. The van der Waals surface area contributed by atoms with E-state index in [0.29, 0.717) is 0 Å². The Bertz CT molecular complexity index is 339. The van der Waals surface area contributed by atoms with E-state index < -0.39 is 12.6 Å². The summed E-state index contributed by atoms with van der Waals surface area (Å²) in [6.07, 6.45) is -5.22. The first kappa shape index (κ1) is 12.8. The molecule has 0 saturated carbocycles. The average molecular weight is 256 g/mol. The molecule has 0 aliphatic heterocycles. The van der Waals surface area contributed by atoms with Gasteiger partial charge in [-0.2, -0.15) is 18.2 Å². The Kier molecular flexibility index (Phi) is 4.17. The van der Waals surface area contributed by atoms with E-state index in [-0.39, 0.29) is 30.0 Å². The molecule has 2 N–H and O–H groups in total. The van der Waals surface area contributed by atoms with Crippen molar-refractivity contribution in [3.63, 3.8) is 0 Å². The standard InChI is InChI=1S/C8H9ClF3N3O/c9-5-4-6(15-7(13)14-5)16-3-1-2-8(10,11)12/h4H,1-3H2,(H2,13,14,15). The minimum absolute atomic E-state index is 0.0691. The molecule has 0 fully saturated rings. The van der Waals surface area contributed by atoms with Crippen molar-refractivity contribution in [1.82, 2.24) is 9.97 Å². The molecule has 0 unspecified atom stereocenters. The second kappa shape index (κ2) is 5.20. The normalized spacial score (nSPS) is 11.5. The van der Waals surface area contributed by atoms with Crippen molar-refractivity contribution in [3.8, 4) is 5.88 Å². The minimum Gasteiger partial charge on any atom is -0.477 e. The van der Waals surface area contributed by atoms with Gasteiger partial charge in [0.15, 0.2) is 0 Å². The first-order valence-electron chi connectivity index (χ1n) is 4.36. The fourth-order valence-electron chi connectivity index (χ4n) is 0.937. The topological polar surface area (TPSA) is 61.0 Å². The highest BCUT2D eigenvalue weighted by Gasteiger charge is 2.26. The lowest BCUT2D eigenvalue weighted by Crippen LogP contribution is -2.10. The van der Waals surface area contributed by atoms with E-state index in [1.54, 1.807) is 0 Å². The van der Waals surface area contributed by atoms with Crippen LogP contribution >= 0.6 is 11.6 Å². The lowest BCUT2D eigenvalue weighted by molar-refractivity contribution is -0.136. The van der Waals surface area contributed by atoms with Gasteiger partial charge >= 0.3 is 6.18 Å². The lowest BCUT2D eigenvalue weighted by Gasteiger charge is -2.07. The Morgan fingerprint density at radius 3 is 2.62 bits per heavy atom. The summed E-state index contributed by atoms with van der Waals surface area (Å²) in [6.45, 7) is -0.105. The number of alkyl halides is 3. The first-order valence-corrected chi connectivity index (χ1v) is 4.74. The maximum absolute atomic E-state index is 11.8. The van der Waals surface area contributed by atoms with Crippen LogP contribution in [0.5, 0.6) is 5.88 Å². The summed E-state index contributed by atoms with van der Waals surface area (Å²) in [7, 11) is 0. The van der Waals surface area contributed by atoms with Crippen LogP contribution in [0.1, 0.15) is 12.8 Å². The molecule has 1 rings (SSSR count). The predicted octanol–water partition coefficient (Wildman–Crippen LogP) is 2.43.